The van der Waals surface area contributed by atoms with Gasteiger partial charge in [0, 0.05) is 38.6 Å². The second-order valence-corrected chi connectivity index (χ2v) is 6.30. The molecule has 1 atom stereocenters. The zero-order valence-electron chi connectivity index (χ0n) is 11.1. The number of aliphatic hydroxyl groups is 1. The van der Waals surface area contributed by atoms with Gasteiger partial charge in [-0.3, -0.25) is 9.69 Å². The molecule has 18 heavy (non-hydrogen) atoms. The maximum atomic E-state index is 11.6. The van der Waals surface area contributed by atoms with Crippen LogP contribution in [0.1, 0.15) is 44.9 Å². The van der Waals surface area contributed by atoms with E-state index in [1.807, 2.05) is 4.90 Å². The number of piperazine rings is 1. The smallest absolute Gasteiger partial charge is 0.222 e. The van der Waals surface area contributed by atoms with Crippen LogP contribution < -0.4 is 0 Å². The van der Waals surface area contributed by atoms with Crippen molar-refractivity contribution in [1.29, 1.82) is 0 Å². The highest BCUT2D eigenvalue weighted by Crippen LogP contribution is 2.30. The van der Waals surface area contributed by atoms with Crippen molar-refractivity contribution >= 4 is 5.91 Å². The normalized spacial score (nSPS) is 32.6. The summed E-state index contributed by atoms with van der Waals surface area (Å²) in [6.45, 7) is 3.57. The van der Waals surface area contributed by atoms with Gasteiger partial charge in [-0.05, 0) is 19.3 Å². The molecular weight excluding hydrogens is 228 g/mol. The molecule has 2 heterocycles. The molecule has 1 unspecified atom stereocenters. The average Bonchev–Trinajstić information content (AvgIpc) is 2.71. The van der Waals surface area contributed by atoms with Gasteiger partial charge in [-0.2, -0.15) is 0 Å². The molecule has 2 aliphatic heterocycles. The lowest BCUT2D eigenvalue weighted by atomic mass is 9.84. The molecule has 0 aromatic carbocycles. The number of rotatable bonds is 2. The molecule has 0 aromatic rings. The number of β-amino-alcohol motifs (C(OH)–C–C–N with tert-alkyl or cyclic N) is 1. The zero-order chi connectivity index (χ0) is 12.6. The summed E-state index contributed by atoms with van der Waals surface area (Å²) in [5, 5.41) is 10.6. The van der Waals surface area contributed by atoms with E-state index in [-0.39, 0.29) is 0 Å². The molecule has 1 aliphatic carbocycles. The van der Waals surface area contributed by atoms with Crippen molar-refractivity contribution in [3.63, 3.8) is 0 Å². The van der Waals surface area contributed by atoms with Crippen LogP contribution in [-0.4, -0.2) is 58.6 Å². The standard InChI is InChI=1S/C14H24N2O2/c17-13-5-4-12-10-15(8-9-16(12)13)11-14(18)6-2-1-3-7-14/h12,18H,1-11H2. The summed E-state index contributed by atoms with van der Waals surface area (Å²) in [7, 11) is 0. The molecule has 0 aromatic heterocycles. The van der Waals surface area contributed by atoms with E-state index in [0.29, 0.717) is 11.9 Å². The van der Waals surface area contributed by atoms with Crippen molar-refractivity contribution in [2.75, 3.05) is 26.2 Å². The van der Waals surface area contributed by atoms with Gasteiger partial charge in [0.1, 0.15) is 0 Å². The molecule has 3 fully saturated rings. The molecule has 3 aliphatic rings. The van der Waals surface area contributed by atoms with Gasteiger partial charge in [-0.25, -0.2) is 0 Å². The van der Waals surface area contributed by atoms with Gasteiger partial charge in [-0.1, -0.05) is 19.3 Å². The minimum absolute atomic E-state index is 0.330. The third-order valence-electron chi connectivity index (χ3n) is 4.88. The Kier molecular flexibility index (Phi) is 3.32. The van der Waals surface area contributed by atoms with Crippen LogP contribution in [-0.2, 0) is 4.79 Å². The summed E-state index contributed by atoms with van der Waals surface area (Å²) in [6, 6.07) is 0.415. The fourth-order valence-electron chi connectivity index (χ4n) is 3.86. The van der Waals surface area contributed by atoms with E-state index in [0.717, 1.165) is 51.9 Å². The highest BCUT2D eigenvalue weighted by Gasteiger charge is 2.38. The molecule has 102 valence electrons. The number of fused-ring (bicyclic) bond motifs is 1. The van der Waals surface area contributed by atoms with Crippen molar-refractivity contribution in [2.24, 2.45) is 0 Å². The number of hydrogen-bond acceptors (Lipinski definition) is 3. The Hall–Kier alpha value is -0.610. The van der Waals surface area contributed by atoms with Crippen LogP contribution >= 0.6 is 0 Å². The minimum Gasteiger partial charge on any atom is -0.389 e. The highest BCUT2D eigenvalue weighted by molar-refractivity contribution is 5.78. The second-order valence-electron chi connectivity index (χ2n) is 6.30. The van der Waals surface area contributed by atoms with Crippen LogP contribution in [0.5, 0.6) is 0 Å². The molecule has 1 amide bonds. The van der Waals surface area contributed by atoms with Crippen LogP contribution in [0.4, 0.5) is 0 Å². The maximum absolute atomic E-state index is 11.6. The first-order chi connectivity index (χ1) is 8.66. The maximum Gasteiger partial charge on any atom is 0.222 e. The van der Waals surface area contributed by atoms with E-state index in [1.54, 1.807) is 0 Å². The van der Waals surface area contributed by atoms with Crippen LogP contribution in [0.25, 0.3) is 0 Å². The van der Waals surface area contributed by atoms with Gasteiger partial charge in [0.2, 0.25) is 5.91 Å². The first-order valence-electron chi connectivity index (χ1n) is 7.41. The fraction of sp³-hybridized carbons (Fsp3) is 0.929. The summed E-state index contributed by atoms with van der Waals surface area (Å²) >= 11 is 0. The van der Waals surface area contributed by atoms with E-state index in [9.17, 15) is 9.90 Å². The Labute approximate surface area is 109 Å². The van der Waals surface area contributed by atoms with Crippen molar-refractivity contribution in [1.82, 2.24) is 9.80 Å². The lowest BCUT2D eigenvalue weighted by Crippen LogP contribution is -2.55. The first kappa shape index (κ1) is 12.4. The predicted molar refractivity (Wildman–Crippen MR) is 69.2 cm³/mol. The van der Waals surface area contributed by atoms with Crippen LogP contribution in [0.15, 0.2) is 0 Å². The summed E-state index contributed by atoms with van der Waals surface area (Å²) in [6.07, 6.45) is 7.24. The first-order valence-corrected chi connectivity index (χ1v) is 7.41. The molecule has 3 rings (SSSR count). The van der Waals surface area contributed by atoms with Gasteiger partial charge in [0.25, 0.3) is 0 Å². The minimum atomic E-state index is -0.455. The average molecular weight is 252 g/mol. The van der Waals surface area contributed by atoms with Crippen molar-refractivity contribution in [3.8, 4) is 0 Å². The van der Waals surface area contributed by atoms with Gasteiger partial charge in [-0.15, -0.1) is 0 Å². The van der Waals surface area contributed by atoms with Gasteiger partial charge in [0.15, 0.2) is 0 Å². The van der Waals surface area contributed by atoms with Crippen molar-refractivity contribution < 1.29 is 9.90 Å². The third kappa shape index (κ3) is 2.41. The van der Waals surface area contributed by atoms with Crippen LogP contribution in [0.2, 0.25) is 0 Å². The molecule has 2 saturated heterocycles. The molecule has 0 bridgehead atoms. The fourth-order valence-corrected chi connectivity index (χ4v) is 3.86. The van der Waals surface area contributed by atoms with Crippen molar-refractivity contribution in [2.45, 2.75) is 56.6 Å². The van der Waals surface area contributed by atoms with E-state index in [4.69, 9.17) is 0 Å². The largest absolute Gasteiger partial charge is 0.389 e. The highest BCUT2D eigenvalue weighted by atomic mass is 16.3. The van der Waals surface area contributed by atoms with E-state index >= 15 is 0 Å². The van der Waals surface area contributed by atoms with E-state index < -0.39 is 5.60 Å². The van der Waals surface area contributed by atoms with Crippen LogP contribution in [0, 0.1) is 0 Å². The number of hydrogen-bond donors (Lipinski definition) is 1. The molecule has 1 saturated carbocycles. The topological polar surface area (TPSA) is 43.8 Å². The second kappa shape index (κ2) is 4.82. The summed E-state index contributed by atoms with van der Waals surface area (Å²) < 4.78 is 0. The molecule has 1 N–H and O–H groups in total. The van der Waals surface area contributed by atoms with Gasteiger partial charge < -0.3 is 10.0 Å². The quantitative estimate of drug-likeness (QED) is 0.797. The van der Waals surface area contributed by atoms with Crippen LogP contribution in [0.3, 0.4) is 0 Å². The Balaban J connectivity index is 1.56. The number of nitrogens with zero attached hydrogens (tertiary/aromatic N) is 2. The molecular formula is C14H24N2O2. The molecule has 4 nitrogen and oxygen atoms in total. The molecule has 0 spiro atoms. The molecule has 0 radical (unpaired) electrons. The SMILES string of the molecule is O=C1CCC2CN(CC3(O)CCCCC3)CCN12. The number of amides is 1. The van der Waals surface area contributed by atoms with E-state index in [2.05, 4.69) is 4.90 Å². The zero-order valence-corrected chi connectivity index (χ0v) is 11.1. The Morgan fingerprint density at radius 3 is 2.78 bits per heavy atom. The predicted octanol–water partition coefficient (Wildman–Crippen LogP) is 0.988. The summed E-state index contributed by atoms with van der Waals surface area (Å²) in [5.41, 5.74) is -0.455. The third-order valence-corrected chi connectivity index (χ3v) is 4.88. The lowest BCUT2D eigenvalue weighted by Gasteiger charge is -2.42. The Morgan fingerprint density at radius 1 is 1.22 bits per heavy atom. The monoisotopic (exact) mass is 252 g/mol. The number of carbonyl (C=O) groups excluding carboxylic acids is 1. The Morgan fingerprint density at radius 2 is 2.00 bits per heavy atom. The summed E-state index contributed by atoms with van der Waals surface area (Å²) in [5.74, 6) is 0.330. The summed E-state index contributed by atoms with van der Waals surface area (Å²) in [4.78, 5) is 16.0. The van der Waals surface area contributed by atoms with Gasteiger partial charge in [0.05, 0.1) is 5.60 Å². The van der Waals surface area contributed by atoms with E-state index in [1.165, 1.54) is 19.3 Å². The molecule has 4 heteroatoms. The lowest BCUT2D eigenvalue weighted by molar-refractivity contribution is -0.131. The van der Waals surface area contributed by atoms with Crippen molar-refractivity contribution in [3.05, 3.63) is 0 Å². The number of carbonyl (C=O) groups is 1. The van der Waals surface area contributed by atoms with Gasteiger partial charge >= 0.3 is 0 Å². The Bertz CT molecular complexity index is 326.